The Bertz CT molecular complexity index is 1540. The van der Waals surface area contributed by atoms with Crippen LogP contribution in [0.25, 0.3) is 0 Å². The van der Waals surface area contributed by atoms with Gasteiger partial charge in [-0.3, -0.25) is 24.1 Å². The summed E-state index contributed by atoms with van der Waals surface area (Å²) in [7, 11) is 0. The molecule has 1 saturated heterocycles. The van der Waals surface area contributed by atoms with Gasteiger partial charge in [0.15, 0.2) is 12.4 Å². The molecule has 0 radical (unpaired) electrons. The van der Waals surface area contributed by atoms with Crippen LogP contribution >= 0.6 is 11.6 Å². The lowest BCUT2D eigenvalue weighted by atomic mass is 9.82. The number of hydrogen-bond acceptors (Lipinski definition) is 6. The van der Waals surface area contributed by atoms with Crippen molar-refractivity contribution in [1.82, 2.24) is 0 Å². The molecule has 1 N–H and O–H groups in total. The summed E-state index contributed by atoms with van der Waals surface area (Å²) >= 11 is 5.82. The molecular formula is C31H25ClN2O6. The van der Waals surface area contributed by atoms with Crippen molar-refractivity contribution < 1.29 is 28.7 Å². The molecular weight excluding hydrogens is 532 g/mol. The van der Waals surface area contributed by atoms with E-state index in [9.17, 15) is 24.0 Å². The Labute approximate surface area is 235 Å². The minimum atomic E-state index is -0.682. The molecule has 3 aromatic carbocycles. The van der Waals surface area contributed by atoms with E-state index in [0.29, 0.717) is 34.8 Å². The lowest BCUT2D eigenvalue weighted by Crippen LogP contribution is -2.31. The van der Waals surface area contributed by atoms with Crippen molar-refractivity contribution in [2.24, 2.45) is 11.8 Å². The van der Waals surface area contributed by atoms with Gasteiger partial charge in [-0.05, 0) is 86.5 Å². The maximum absolute atomic E-state index is 13.0. The monoisotopic (exact) mass is 556 g/mol. The Hall–Kier alpha value is -4.56. The van der Waals surface area contributed by atoms with Crippen molar-refractivity contribution >= 4 is 52.4 Å². The van der Waals surface area contributed by atoms with E-state index in [4.69, 9.17) is 16.3 Å². The number of anilines is 2. The van der Waals surface area contributed by atoms with Gasteiger partial charge in [0.25, 0.3) is 5.91 Å². The van der Waals surface area contributed by atoms with E-state index in [1.54, 1.807) is 42.5 Å². The van der Waals surface area contributed by atoms with Gasteiger partial charge in [-0.2, -0.15) is 0 Å². The number of nitrogens with zero attached hydrogens (tertiary/aromatic N) is 1. The molecule has 202 valence electrons. The van der Waals surface area contributed by atoms with Crippen LogP contribution in [0.5, 0.6) is 0 Å². The average molecular weight is 557 g/mol. The number of carbonyl (C=O) groups is 5. The second-order valence-corrected chi connectivity index (χ2v) is 10.2. The lowest BCUT2D eigenvalue weighted by molar-refractivity contribution is -0.122. The van der Waals surface area contributed by atoms with Gasteiger partial charge in [0, 0.05) is 21.8 Å². The Morgan fingerprint density at radius 1 is 0.900 bits per heavy atom. The number of nitrogens with one attached hydrogen (secondary N) is 1. The normalized spacial score (nSPS) is 18.1. The molecule has 5 rings (SSSR count). The molecule has 3 aromatic rings. The third-order valence-electron chi connectivity index (χ3n) is 7.07. The zero-order valence-electron chi connectivity index (χ0n) is 21.6. The minimum absolute atomic E-state index is 0.209. The predicted molar refractivity (Wildman–Crippen MR) is 149 cm³/mol. The number of hydrogen-bond donors (Lipinski definition) is 1. The van der Waals surface area contributed by atoms with E-state index >= 15 is 0 Å². The van der Waals surface area contributed by atoms with Crippen LogP contribution in [0.15, 0.2) is 84.4 Å². The Morgan fingerprint density at radius 3 is 2.30 bits per heavy atom. The topological polar surface area (TPSA) is 110 Å². The molecule has 8 nitrogen and oxygen atoms in total. The molecule has 3 amide bonds. The Balaban J connectivity index is 1.20. The van der Waals surface area contributed by atoms with Gasteiger partial charge in [-0.25, -0.2) is 4.79 Å². The molecule has 0 saturated carbocycles. The van der Waals surface area contributed by atoms with Crippen LogP contribution in [0.3, 0.4) is 0 Å². The first-order chi connectivity index (χ1) is 19.2. The fraction of sp³-hybridized carbons (Fsp3) is 0.194. The smallest absolute Gasteiger partial charge is 0.338 e. The van der Waals surface area contributed by atoms with Crippen molar-refractivity contribution in [2.75, 3.05) is 16.8 Å². The second-order valence-electron chi connectivity index (χ2n) is 9.80. The van der Waals surface area contributed by atoms with Gasteiger partial charge in [-0.1, -0.05) is 29.3 Å². The molecule has 2 aliphatic rings. The molecule has 0 unspecified atom stereocenters. The molecule has 1 aliphatic carbocycles. The van der Waals surface area contributed by atoms with Crippen LogP contribution in [0.1, 0.15) is 50.8 Å². The van der Waals surface area contributed by atoms with E-state index in [0.717, 1.165) is 5.57 Å². The van der Waals surface area contributed by atoms with Crippen LogP contribution < -0.4 is 10.2 Å². The highest BCUT2D eigenvalue weighted by atomic mass is 35.5. The summed E-state index contributed by atoms with van der Waals surface area (Å²) in [5, 5.41) is 3.24. The average Bonchev–Trinajstić information content (AvgIpc) is 3.20. The number of allylic oxidation sites excluding steroid dienone is 2. The number of halogens is 1. The Kier molecular flexibility index (Phi) is 7.62. The van der Waals surface area contributed by atoms with Crippen LogP contribution in [0.2, 0.25) is 5.02 Å². The number of imide groups is 1. The van der Waals surface area contributed by atoms with Gasteiger partial charge in [0.2, 0.25) is 11.8 Å². The van der Waals surface area contributed by atoms with Crippen LogP contribution in [-0.2, 0) is 14.3 Å². The first-order valence-electron chi connectivity index (χ1n) is 12.7. The van der Waals surface area contributed by atoms with Crippen LogP contribution in [-0.4, -0.2) is 36.1 Å². The summed E-state index contributed by atoms with van der Waals surface area (Å²) in [5.41, 5.74) is 2.74. The van der Waals surface area contributed by atoms with Gasteiger partial charge in [-0.15, -0.1) is 0 Å². The van der Waals surface area contributed by atoms with E-state index < -0.39 is 18.5 Å². The number of esters is 1. The summed E-state index contributed by atoms with van der Waals surface area (Å²) in [6, 6.07) is 18.7. The van der Waals surface area contributed by atoms with Crippen molar-refractivity contribution in [3.63, 3.8) is 0 Å². The largest absolute Gasteiger partial charge is 0.454 e. The lowest BCUT2D eigenvalue weighted by Gasteiger charge is -2.18. The summed E-state index contributed by atoms with van der Waals surface area (Å²) in [4.78, 5) is 64.8. The highest BCUT2D eigenvalue weighted by Gasteiger charge is 2.48. The predicted octanol–water partition coefficient (Wildman–Crippen LogP) is 5.48. The molecule has 40 heavy (non-hydrogen) atoms. The number of fused-ring (bicyclic) bond motifs is 1. The number of carbonyl (C=O) groups excluding carboxylic acids is 5. The van der Waals surface area contributed by atoms with E-state index in [-0.39, 0.29) is 40.6 Å². The summed E-state index contributed by atoms with van der Waals surface area (Å²) < 4.78 is 5.11. The van der Waals surface area contributed by atoms with Crippen molar-refractivity contribution in [2.45, 2.75) is 19.8 Å². The summed E-state index contributed by atoms with van der Waals surface area (Å²) in [5.74, 6) is -2.70. The van der Waals surface area contributed by atoms with Gasteiger partial charge < -0.3 is 10.1 Å². The van der Waals surface area contributed by atoms with Crippen LogP contribution in [0.4, 0.5) is 11.4 Å². The molecule has 0 aromatic heterocycles. The van der Waals surface area contributed by atoms with Gasteiger partial charge in [0.1, 0.15) is 0 Å². The zero-order valence-corrected chi connectivity index (χ0v) is 22.3. The first kappa shape index (κ1) is 27.0. The minimum Gasteiger partial charge on any atom is -0.454 e. The maximum Gasteiger partial charge on any atom is 0.338 e. The molecule has 1 aliphatic heterocycles. The first-order valence-corrected chi connectivity index (χ1v) is 13.1. The van der Waals surface area contributed by atoms with Gasteiger partial charge >= 0.3 is 5.97 Å². The molecule has 1 fully saturated rings. The SMILES string of the molecule is CC1=CC[C@H]2C(=O)N(c3cccc(C(=O)Nc4ccc(C(=O)OCC(=O)c5ccc(Cl)cc5)cc4)c3)C(=O)[C@H]2C1. The molecule has 9 heteroatoms. The number of Topliss-reactive ketones (excluding diaryl/α,β-unsaturated/α-hetero) is 1. The summed E-state index contributed by atoms with van der Waals surface area (Å²) in [6.07, 6.45) is 3.11. The molecule has 0 bridgehead atoms. The van der Waals surface area contributed by atoms with Gasteiger partial charge in [0.05, 0.1) is 23.1 Å². The maximum atomic E-state index is 13.0. The highest BCUT2D eigenvalue weighted by molar-refractivity contribution is 6.30. The molecule has 1 heterocycles. The third-order valence-corrected chi connectivity index (χ3v) is 7.32. The number of rotatable bonds is 7. The summed E-state index contributed by atoms with van der Waals surface area (Å²) in [6.45, 7) is 1.54. The fourth-order valence-corrected chi connectivity index (χ4v) is 5.03. The van der Waals surface area contributed by atoms with E-state index in [1.165, 1.54) is 35.2 Å². The second kappa shape index (κ2) is 11.3. The third kappa shape index (κ3) is 5.58. The number of benzene rings is 3. The Morgan fingerprint density at radius 2 is 1.57 bits per heavy atom. The van der Waals surface area contributed by atoms with E-state index in [2.05, 4.69) is 5.32 Å². The van der Waals surface area contributed by atoms with E-state index in [1.807, 2.05) is 13.0 Å². The molecule has 2 atom stereocenters. The standard InChI is InChI=1S/C31H25ClN2O6/c1-18-5-14-25-26(15-18)30(38)34(29(25)37)24-4-2-3-21(16-24)28(36)33-23-12-8-20(9-13-23)31(39)40-17-27(35)19-6-10-22(32)11-7-19/h2-13,16,25-26H,14-15,17H2,1H3,(H,33,36)/t25-,26+/m1/s1. The quantitative estimate of drug-likeness (QED) is 0.179. The fourth-order valence-electron chi connectivity index (χ4n) is 4.90. The van der Waals surface area contributed by atoms with Crippen molar-refractivity contribution in [1.29, 1.82) is 0 Å². The molecule has 0 spiro atoms. The number of ketones is 1. The highest BCUT2D eigenvalue weighted by Crippen LogP contribution is 2.39. The number of ether oxygens (including phenoxy) is 1. The van der Waals surface area contributed by atoms with Crippen molar-refractivity contribution in [3.05, 3.63) is 106 Å². The number of amides is 3. The zero-order chi connectivity index (χ0) is 28.4. The van der Waals surface area contributed by atoms with Crippen molar-refractivity contribution in [3.8, 4) is 0 Å². The van der Waals surface area contributed by atoms with Crippen LogP contribution in [0, 0.1) is 11.8 Å².